The number of carbonyl (C=O) groups excluding carboxylic acids is 1. The summed E-state index contributed by atoms with van der Waals surface area (Å²) in [5, 5.41) is 2.85. The summed E-state index contributed by atoms with van der Waals surface area (Å²) in [6.45, 7) is 0.760. The molecule has 3 aromatic carbocycles. The molecule has 1 heterocycles. The normalized spacial score (nSPS) is 11.0. The summed E-state index contributed by atoms with van der Waals surface area (Å²) in [7, 11) is 0. The van der Waals surface area contributed by atoms with Crippen molar-refractivity contribution >= 4 is 16.9 Å². The van der Waals surface area contributed by atoms with Gasteiger partial charge in [-0.15, -0.1) is 0 Å². The van der Waals surface area contributed by atoms with Gasteiger partial charge in [-0.2, -0.15) is 0 Å². The number of aromatic nitrogens is 2. The molecule has 0 atom stereocenters. The Morgan fingerprint density at radius 2 is 1.80 bits per heavy atom. The highest BCUT2D eigenvalue weighted by Crippen LogP contribution is 2.20. The van der Waals surface area contributed by atoms with Crippen LogP contribution < -0.4 is 10.1 Å². The van der Waals surface area contributed by atoms with Gasteiger partial charge in [0.2, 0.25) is 0 Å². The number of hydrogen-bond donors (Lipinski definition) is 2. The second-order valence-corrected chi connectivity index (χ2v) is 6.76. The Balaban J connectivity index is 1.38. The molecule has 1 aromatic heterocycles. The number of hydrogen-bond acceptors (Lipinski definition) is 3. The molecule has 0 aliphatic heterocycles. The second kappa shape index (κ2) is 8.73. The molecule has 152 valence electrons. The second-order valence-electron chi connectivity index (χ2n) is 6.76. The Bertz CT molecular complexity index is 1160. The van der Waals surface area contributed by atoms with Crippen LogP contribution in [0.3, 0.4) is 0 Å². The highest BCUT2D eigenvalue weighted by Gasteiger charge is 2.14. The number of para-hydroxylation sites is 1. The molecule has 0 spiro atoms. The number of ether oxygens (including phenoxy) is 1. The maximum absolute atomic E-state index is 12.8. The largest absolute Gasteiger partial charge is 0.489 e. The first kappa shape index (κ1) is 19.6. The number of carbonyl (C=O) groups is 1. The minimum atomic E-state index is -2.69. The van der Waals surface area contributed by atoms with Crippen molar-refractivity contribution in [3.63, 3.8) is 0 Å². The third-order valence-corrected chi connectivity index (χ3v) is 4.56. The fourth-order valence-corrected chi connectivity index (χ4v) is 3.07. The molecule has 0 aliphatic carbocycles. The van der Waals surface area contributed by atoms with Gasteiger partial charge in [0.05, 0.1) is 11.0 Å². The van der Waals surface area contributed by atoms with Gasteiger partial charge >= 0.3 is 0 Å². The Labute approximate surface area is 171 Å². The van der Waals surface area contributed by atoms with Crippen LogP contribution in [0.5, 0.6) is 5.75 Å². The van der Waals surface area contributed by atoms with Gasteiger partial charge in [-0.3, -0.25) is 4.79 Å². The van der Waals surface area contributed by atoms with Gasteiger partial charge in [-0.1, -0.05) is 42.5 Å². The predicted octanol–water partition coefficient (Wildman–Crippen LogP) is 5.01. The molecule has 2 N–H and O–H groups in total. The third-order valence-electron chi connectivity index (χ3n) is 4.56. The molecule has 4 aromatic rings. The summed E-state index contributed by atoms with van der Waals surface area (Å²) in [4.78, 5) is 18.8. The fraction of sp³-hybridized carbons (Fsp3) is 0.130. The molecule has 0 radical (unpaired) electrons. The summed E-state index contributed by atoms with van der Waals surface area (Å²) < 4.78 is 31.3. The summed E-state index contributed by atoms with van der Waals surface area (Å²) in [6, 6.07) is 21.9. The average molecular weight is 407 g/mol. The van der Waals surface area contributed by atoms with Crippen LogP contribution in [-0.2, 0) is 13.2 Å². The lowest BCUT2D eigenvalue weighted by molar-refractivity contribution is 0.0951. The van der Waals surface area contributed by atoms with E-state index < -0.39 is 12.2 Å². The monoisotopic (exact) mass is 407 g/mol. The van der Waals surface area contributed by atoms with Crippen LogP contribution in [-0.4, -0.2) is 15.9 Å². The van der Waals surface area contributed by atoms with Gasteiger partial charge in [0.15, 0.2) is 5.82 Å². The number of amides is 1. The Kier molecular flexibility index (Phi) is 5.70. The van der Waals surface area contributed by atoms with Crippen LogP contribution in [0.25, 0.3) is 11.0 Å². The van der Waals surface area contributed by atoms with Gasteiger partial charge in [0.25, 0.3) is 12.3 Å². The molecular weight excluding hydrogens is 388 g/mol. The van der Waals surface area contributed by atoms with E-state index in [9.17, 15) is 13.6 Å². The first-order chi connectivity index (χ1) is 14.6. The van der Waals surface area contributed by atoms with E-state index in [4.69, 9.17) is 4.74 Å². The maximum Gasteiger partial charge on any atom is 0.295 e. The first-order valence-corrected chi connectivity index (χ1v) is 9.40. The molecule has 4 rings (SSSR count). The number of imidazole rings is 1. The van der Waals surface area contributed by atoms with E-state index in [1.54, 1.807) is 12.1 Å². The van der Waals surface area contributed by atoms with Crippen molar-refractivity contribution in [3.8, 4) is 5.75 Å². The topological polar surface area (TPSA) is 67.0 Å². The van der Waals surface area contributed by atoms with Crippen LogP contribution in [0.4, 0.5) is 8.78 Å². The predicted molar refractivity (Wildman–Crippen MR) is 109 cm³/mol. The standard InChI is InChI=1S/C23H19F2N3O2/c24-21(25)22-27-19-10-9-17(12-20(19)28-22)23(29)26-13-15-5-4-6-16(11-15)14-30-18-7-2-1-3-8-18/h1-12,21H,13-14H2,(H,26,29)(H,27,28). The molecule has 0 saturated carbocycles. The van der Waals surface area contributed by atoms with Gasteiger partial charge < -0.3 is 15.0 Å². The van der Waals surface area contributed by atoms with Crippen molar-refractivity contribution in [3.05, 3.63) is 95.3 Å². The molecule has 0 saturated heterocycles. The summed E-state index contributed by atoms with van der Waals surface area (Å²) in [5.74, 6) is 0.0912. The minimum absolute atomic E-state index is 0.295. The molecule has 0 unspecified atom stereocenters. The Morgan fingerprint density at radius 3 is 2.60 bits per heavy atom. The van der Waals surface area contributed by atoms with Crippen LogP contribution in [0.1, 0.15) is 33.7 Å². The van der Waals surface area contributed by atoms with E-state index in [2.05, 4.69) is 15.3 Å². The SMILES string of the molecule is O=C(NCc1cccc(COc2ccccc2)c1)c1ccc2nc(C(F)F)[nH]c2c1. The lowest BCUT2D eigenvalue weighted by atomic mass is 10.1. The number of halogens is 2. The van der Waals surface area contributed by atoms with Gasteiger partial charge in [-0.25, -0.2) is 13.8 Å². The van der Waals surface area contributed by atoms with Crippen molar-refractivity contribution in [2.75, 3.05) is 0 Å². The van der Waals surface area contributed by atoms with Crippen LogP contribution in [0.15, 0.2) is 72.8 Å². The highest BCUT2D eigenvalue weighted by atomic mass is 19.3. The zero-order valence-corrected chi connectivity index (χ0v) is 15.9. The van der Waals surface area contributed by atoms with Gasteiger partial charge in [-0.05, 0) is 41.5 Å². The molecule has 30 heavy (non-hydrogen) atoms. The van der Waals surface area contributed by atoms with Crippen LogP contribution >= 0.6 is 0 Å². The van der Waals surface area contributed by atoms with Crippen LogP contribution in [0.2, 0.25) is 0 Å². The summed E-state index contributed by atoms with van der Waals surface area (Å²) in [6.07, 6.45) is -2.69. The van der Waals surface area contributed by atoms with Crippen molar-refractivity contribution < 1.29 is 18.3 Å². The molecule has 0 aliphatic rings. The number of H-pyrrole nitrogens is 1. The molecule has 0 fully saturated rings. The van der Waals surface area contributed by atoms with E-state index in [0.29, 0.717) is 29.7 Å². The van der Waals surface area contributed by atoms with Crippen molar-refractivity contribution in [1.82, 2.24) is 15.3 Å². The minimum Gasteiger partial charge on any atom is -0.489 e. The smallest absolute Gasteiger partial charge is 0.295 e. The summed E-state index contributed by atoms with van der Waals surface area (Å²) >= 11 is 0. The number of nitrogens with zero attached hydrogens (tertiary/aromatic N) is 1. The Hall–Kier alpha value is -3.74. The first-order valence-electron chi connectivity index (χ1n) is 9.40. The average Bonchev–Trinajstić information content (AvgIpc) is 3.21. The van der Waals surface area contributed by atoms with Crippen molar-refractivity contribution in [1.29, 1.82) is 0 Å². The zero-order valence-electron chi connectivity index (χ0n) is 15.9. The van der Waals surface area contributed by atoms with Crippen molar-refractivity contribution in [2.45, 2.75) is 19.6 Å². The maximum atomic E-state index is 12.8. The molecular formula is C23H19F2N3O2. The highest BCUT2D eigenvalue weighted by molar-refractivity contribution is 5.97. The number of alkyl halides is 2. The molecule has 7 heteroatoms. The molecule has 0 bridgehead atoms. The quantitative estimate of drug-likeness (QED) is 0.453. The number of benzene rings is 3. The van der Waals surface area contributed by atoms with Crippen LogP contribution in [0, 0.1) is 0 Å². The number of aromatic amines is 1. The third kappa shape index (κ3) is 4.63. The molecule has 5 nitrogen and oxygen atoms in total. The number of rotatable bonds is 7. The van der Waals surface area contributed by atoms with Crippen molar-refractivity contribution in [2.24, 2.45) is 0 Å². The fourth-order valence-electron chi connectivity index (χ4n) is 3.07. The summed E-state index contributed by atoms with van der Waals surface area (Å²) in [5.41, 5.74) is 3.09. The van der Waals surface area contributed by atoms with E-state index in [1.807, 2.05) is 54.6 Å². The van der Waals surface area contributed by atoms with Gasteiger partial charge in [0.1, 0.15) is 12.4 Å². The number of nitrogens with one attached hydrogen (secondary N) is 2. The van der Waals surface area contributed by atoms with E-state index in [0.717, 1.165) is 16.9 Å². The van der Waals surface area contributed by atoms with E-state index in [1.165, 1.54) is 6.07 Å². The number of fused-ring (bicyclic) bond motifs is 1. The van der Waals surface area contributed by atoms with E-state index in [-0.39, 0.29) is 5.91 Å². The lowest BCUT2D eigenvalue weighted by Gasteiger charge is -2.09. The zero-order chi connectivity index (χ0) is 20.9. The Morgan fingerprint density at radius 1 is 1.00 bits per heavy atom. The lowest BCUT2D eigenvalue weighted by Crippen LogP contribution is -2.22. The van der Waals surface area contributed by atoms with Gasteiger partial charge in [0, 0.05) is 12.1 Å². The molecule has 1 amide bonds. The van der Waals surface area contributed by atoms with E-state index >= 15 is 0 Å².